The third-order valence-electron chi connectivity index (χ3n) is 2.46. The maximum atomic E-state index is 8.71. The van der Waals surface area contributed by atoms with E-state index in [0.717, 1.165) is 21.9 Å². The van der Waals surface area contributed by atoms with Crippen molar-refractivity contribution in [3.8, 4) is 23.3 Å². The SMILES string of the molecule is COc1cccc(OCc2sccc2C#CCO)c1. The molecule has 1 aromatic heterocycles. The van der Waals surface area contributed by atoms with E-state index in [-0.39, 0.29) is 6.61 Å². The number of aliphatic hydroxyl groups excluding tert-OH is 1. The highest BCUT2D eigenvalue weighted by Crippen LogP contribution is 2.22. The molecule has 0 aliphatic carbocycles. The van der Waals surface area contributed by atoms with Gasteiger partial charge in [-0.15, -0.1) is 11.3 Å². The van der Waals surface area contributed by atoms with E-state index in [1.165, 1.54) is 0 Å². The summed E-state index contributed by atoms with van der Waals surface area (Å²) in [5.74, 6) is 7.08. The van der Waals surface area contributed by atoms with E-state index in [2.05, 4.69) is 11.8 Å². The third-order valence-corrected chi connectivity index (χ3v) is 3.35. The molecule has 0 bridgehead atoms. The lowest BCUT2D eigenvalue weighted by Crippen LogP contribution is -1.95. The van der Waals surface area contributed by atoms with Crippen molar-refractivity contribution < 1.29 is 14.6 Å². The molecule has 19 heavy (non-hydrogen) atoms. The molecule has 2 rings (SSSR count). The first-order chi connectivity index (χ1) is 9.33. The van der Waals surface area contributed by atoms with E-state index < -0.39 is 0 Å². The van der Waals surface area contributed by atoms with Gasteiger partial charge in [0.15, 0.2) is 0 Å². The summed E-state index contributed by atoms with van der Waals surface area (Å²) in [6.07, 6.45) is 0. The number of benzene rings is 1. The standard InChI is InChI=1S/C15H14O3S/c1-17-13-5-2-6-14(10-13)18-11-15-12(4-3-8-16)7-9-19-15/h2,5-7,9-10,16H,8,11H2,1H3. The second-order valence-electron chi connectivity index (χ2n) is 3.69. The van der Waals surface area contributed by atoms with Crippen molar-refractivity contribution in [2.45, 2.75) is 6.61 Å². The van der Waals surface area contributed by atoms with E-state index in [9.17, 15) is 0 Å². The average molecular weight is 274 g/mol. The Morgan fingerprint density at radius 3 is 2.89 bits per heavy atom. The molecule has 0 saturated carbocycles. The maximum absolute atomic E-state index is 8.71. The highest BCUT2D eigenvalue weighted by molar-refractivity contribution is 7.10. The lowest BCUT2D eigenvalue weighted by atomic mass is 10.2. The van der Waals surface area contributed by atoms with Gasteiger partial charge in [-0.25, -0.2) is 0 Å². The molecule has 3 nitrogen and oxygen atoms in total. The second kappa shape index (κ2) is 6.83. The quantitative estimate of drug-likeness (QED) is 0.871. The van der Waals surface area contributed by atoms with E-state index >= 15 is 0 Å². The molecule has 1 heterocycles. The van der Waals surface area contributed by atoms with Gasteiger partial charge in [0.2, 0.25) is 0 Å². The van der Waals surface area contributed by atoms with Gasteiger partial charge < -0.3 is 14.6 Å². The van der Waals surface area contributed by atoms with Crippen molar-refractivity contribution >= 4 is 11.3 Å². The van der Waals surface area contributed by atoms with Crippen molar-refractivity contribution in [2.24, 2.45) is 0 Å². The number of hydrogen-bond acceptors (Lipinski definition) is 4. The number of hydrogen-bond donors (Lipinski definition) is 1. The molecule has 0 saturated heterocycles. The fourth-order valence-corrected chi connectivity index (χ4v) is 2.28. The molecule has 0 fully saturated rings. The minimum atomic E-state index is -0.133. The van der Waals surface area contributed by atoms with Crippen LogP contribution in [0.5, 0.6) is 11.5 Å². The zero-order chi connectivity index (χ0) is 13.5. The fraction of sp³-hybridized carbons (Fsp3) is 0.200. The van der Waals surface area contributed by atoms with Gasteiger partial charge in [-0.1, -0.05) is 17.9 Å². The van der Waals surface area contributed by atoms with E-state index in [0.29, 0.717) is 6.61 Å². The van der Waals surface area contributed by atoms with Gasteiger partial charge in [-0.3, -0.25) is 0 Å². The van der Waals surface area contributed by atoms with Crippen molar-refractivity contribution in [3.63, 3.8) is 0 Å². The summed E-state index contributed by atoms with van der Waals surface area (Å²) in [5, 5.41) is 10.7. The minimum absolute atomic E-state index is 0.133. The molecule has 0 aliphatic rings. The van der Waals surface area contributed by atoms with Gasteiger partial charge >= 0.3 is 0 Å². The maximum Gasteiger partial charge on any atom is 0.124 e. The molecule has 2 aromatic rings. The van der Waals surface area contributed by atoms with Crippen LogP contribution < -0.4 is 9.47 Å². The van der Waals surface area contributed by atoms with E-state index in [4.69, 9.17) is 14.6 Å². The lowest BCUT2D eigenvalue weighted by molar-refractivity contribution is 0.307. The molecule has 0 atom stereocenters. The van der Waals surface area contributed by atoms with E-state index in [1.54, 1.807) is 18.4 Å². The molecule has 0 amide bonds. The monoisotopic (exact) mass is 274 g/mol. The minimum Gasteiger partial charge on any atom is -0.497 e. The van der Waals surface area contributed by atoms with Crippen molar-refractivity contribution in [1.29, 1.82) is 0 Å². The van der Waals surface area contributed by atoms with Crippen LogP contribution in [0.2, 0.25) is 0 Å². The topological polar surface area (TPSA) is 38.7 Å². The van der Waals surface area contributed by atoms with Crippen LogP contribution in [0.4, 0.5) is 0 Å². The number of rotatable bonds is 4. The van der Waals surface area contributed by atoms with Gasteiger partial charge in [-0.05, 0) is 23.6 Å². The number of aliphatic hydroxyl groups is 1. The normalized spacial score (nSPS) is 9.58. The summed E-state index contributed by atoms with van der Waals surface area (Å²) >= 11 is 1.59. The first-order valence-corrected chi connectivity index (χ1v) is 6.64. The molecule has 4 heteroatoms. The molecule has 0 unspecified atom stereocenters. The van der Waals surface area contributed by atoms with Crippen LogP contribution in [-0.2, 0) is 6.61 Å². The smallest absolute Gasteiger partial charge is 0.124 e. The Bertz CT molecular complexity index is 593. The third kappa shape index (κ3) is 3.75. The Labute approximate surface area is 116 Å². The van der Waals surface area contributed by atoms with Crippen molar-refractivity contribution in [1.82, 2.24) is 0 Å². The van der Waals surface area contributed by atoms with Gasteiger partial charge in [-0.2, -0.15) is 0 Å². The Morgan fingerprint density at radius 1 is 1.26 bits per heavy atom. The molecule has 1 aromatic carbocycles. The Kier molecular flexibility index (Phi) is 4.85. The summed E-state index contributed by atoms with van der Waals surface area (Å²) in [6, 6.07) is 9.41. The first kappa shape index (κ1) is 13.5. The second-order valence-corrected chi connectivity index (χ2v) is 4.69. The summed E-state index contributed by atoms with van der Waals surface area (Å²) in [5.41, 5.74) is 0.905. The molecule has 98 valence electrons. The summed E-state index contributed by atoms with van der Waals surface area (Å²) in [4.78, 5) is 1.05. The Balaban J connectivity index is 2.04. The van der Waals surface area contributed by atoms with Crippen LogP contribution in [0, 0.1) is 11.8 Å². The zero-order valence-corrected chi connectivity index (χ0v) is 11.4. The predicted molar refractivity (Wildman–Crippen MR) is 75.6 cm³/mol. The highest BCUT2D eigenvalue weighted by atomic mass is 32.1. The number of thiophene rings is 1. The van der Waals surface area contributed by atoms with Crippen LogP contribution in [0.15, 0.2) is 35.7 Å². The number of ether oxygens (including phenoxy) is 2. The van der Waals surface area contributed by atoms with Gasteiger partial charge in [0.1, 0.15) is 24.7 Å². The summed E-state index contributed by atoms with van der Waals surface area (Å²) in [6.45, 7) is 0.326. The van der Waals surface area contributed by atoms with Crippen molar-refractivity contribution in [2.75, 3.05) is 13.7 Å². The molecule has 0 aliphatic heterocycles. The van der Waals surface area contributed by atoms with Crippen LogP contribution >= 0.6 is 11.3 Å². The molecular weight excluding hydrogens is 260 g/mol. The molecule has 0 spiro atoms. The van der Waals surface area contributed by atoms with Crippen LogP contribution in [0.25, 0.3) is 0 Å². The molecular formula is C15H14O3S. The summed E-state index contributed by atoms with van der Waals surface area (Å²) in [7, 11) is 1.63. The van der Waals surface area contributed by atoms with Crippen LogP contribution in [0.3, 0.4) is 0 Å². The highest BCUT2D eigenvalue weighted by Gasteiger charge is 2.03. The van der Waals surface area contributed by atoms with Crippen LogP contribution in [-0.4, -0.2) is 18.8 Å². The number of methoxy groups -OCH3 is 1. The van der Waals surface area contributed by atoms with E-state index in [1.807, 2.05) is 35.7 Å². The van der Waals surface area contributed by atoms with Crippen LogP contribution in [0.1, 0.15) is 10.4 Å². The Hall–Kier alpha value is -1.96. The molecule has 1 N–H and O–H groups in total. The Morgan fingerprint density at radius 2 is 2.11 bits per heavy atom. The zero-order valence-electron chi connectivity index (χ0n) is 10.6. The lowest BCUT2D eigenvalue weighted by Gasteiger charge is -2.06. The van der Waals surface area contributed by atoms with Gasteiger partial charge in [0.05, 0.1) is 12.0 Å². The van der Waals surface area contributed by atoms with Gasteiger partial charge in [0, 0.05) is 11.6 Å². The summed E-state index contributed by atoms with van der Waals surface area (Å²) < 4.78 is 10.9. The van der Waals surface area contributed by atoms with Crippen molar-refractivity contribution in [3.05, 3.63) is 46.2 Å². The van der Waals surface area contributed by atoms with Gasteiger partial charge in [0.25, 0.3) is 0 Å². The molecule has 0 radical (unpaired) electrons. The first-order valence-electron chi connectivity index (χ1n) is 5.76. The largest absolute Gasteiger partial charge is 0.497 e. The predicted octanol–water partition coefficient (Wildman–Crippen LogP) is 2.68. The average Bonchev–Trinajstić information content (AvgIpc) is 2.90. The fourth-order valence-electron chi connectivity index (χ4n) is 1.54.